The Bertz CT molecular complexity index is 1030. The summed E-state index contributed by atoms with van der Waals surface area (Å²) < 4.78 is 13.0. The van der Waals surface area contributed by atoms with E-state index in [1.807, 2.05) is 18.2 Å². The lowest BCUT2D eigenvalue weighted by molar-refractivity contribution is -0.128. The number of H-pyrrole nitrogens is 1. The summed E-state index contributed by atoms with van der Waals surface area (Å²) in [6.45, 7) is 1.56. The van der Waals surface area contributed by atoms with Gasteiger partial charge in [-0.1, -0.05) is 24.3 Å². The molecule has 4 rings (SSSR count). The molecule has 1 amide bonds. The molecular weight excluding hydrogens is 345 g/mol. The van der Waals surface area contributed by atoms with Crippen LogP contribution in [0.5, 0.6) is 0 Å². The molecule has 1 atom stereocenters. The molecule has 0 bridgehead atoms. The molecule has 5 nitrogen and oxygen atoms in total. The summed E-state index contributed by atoms with van der Waals surface area (Å²) in [5.74, 6) is -0.209. The van der Waals surface area contributed by atoms with E-state index in [1.54, 1.807) is 29.2 Å². The Labute approximate surface area is 155 Å². The van der Waals surface area contributed by atoms with Crippen LogP contribution in [0.15, 0.2) is 59.4 Å². The Morgan fingerprint density at radius 1 is 1.11 bits per heavy atom. The topological polar surface area (TPSA) is 65.2 Å². The number of hydrogen-bond acceptors (Lipinski definition) is 3. The molecule has 3 aromatic rings. The van der Waals surface area contributed by atoms with Gasteiger partial charge in [0.15, 0.2) is 5.43 Å². The van der Waals surface area contributed by atoms with Gasteiger partial charge in [-0.25, -0.2) is 4.39 Å². The van der Waals surface area contributed by atoms with Crippen molar-refractivity contribution in [1.82, 2.24) is 15.2 Å². The third-order valence-electron chi connectivity index (χ3n) is 4.88. The molecule has 0 radical (unpaired) electrons. The number of likely N-dealkylation sites (tertiary alicyclic amines) is 1. The Morgan fingerprint density at radius 2 is 1.89 bits per heavy atom. The average molecular weight is 365 g/mol. The van der Waals surface area contributed by atoms with E-state index in [4.69, 9.17) is 0 Å². The maximum Gasteiger partial charge on any atom is 0.224 e. The van der Waals surface area contributed by atoms with E-state index in [2.05, 4.69) is 10.3 Å². The quantitative estimate of drug-likeness (QED) is 0.730. The zero-order chi connectivity index (χ0) is 18.8. The fraction of sp³-hybridized carbons (Fsp3) is 0.238. The predicted octanol–water partition coefficient (Wildman–Crippen LogP) is 2.56. The molecule has 27 heavy (non-hydrogen) atoms. The van der Waals surface area contributed by atoms with Crippen molar-refractivity contribution in [3.05, 3.63) is 81.9 Å². The Morgan fingerprint density at radius 3 is 2.70 bits per heavy atom. The third kappa shape index (κ3) is 3.90. The van der Waals surface area contributed by atoms with Gasteiger partial charge in [0.1, 0.15) is 5.82 Å². The normalized spacial score (nSPS) is 17.0. The fourth-order valence-corrected chi connectivity index (χ4v) is 3.47. The molecule has 0 saturated carbocycles. The number of carbonyl (C=O) groups is 1. The lowest BCUT2D eigenvalue weighted by atomic mass is 10.2. The summed E-state index contributed by atoms with van der Waals surface area (Å²) in [6, 6.07) is 15.2. The van der Waals surface area contributed by atoms with Gasteiger partial charge in [-0.2, -0.15) is 0 Å². The van der Waals surface area contributed by atoms with Gasteiger partial charge in [-0.15, -0.1) is 0 Å². The van der Waals surface area contributed by atoms with Crippen molar-refractivity contribution >= 4 is 16.8 Å². The van der Waals surface area contributed by atoms with Crippen LogP contribution in [0.3, 0.4) is 0 Å². The number of nitrogens with zero attached hydrogens (tertiary/aromatic N) is 1. The van der Waals surface area contributed by atoms with Gasteiger partial charge in [0.25, 0.3) is 0 Å². The number of aromatic nitrogens is 1. The first-order valence-electron chi connectivity index (χ1n) is 8.95. The number of rotatable bonds is 5. The first-order valence-corrected chi connectivity index (χ1v) is 8.95. The van der Waals surface area contributed by atoms with Gasteiger partial charge in [0, 0.05) is 54.8 Å². The van der Waals surface area contributed by atoms with E-state index in [-0.39, 0.29) is 23.2 Å². The van der Waals surface area contributed by atoms with Gasteiger partial charge >= 0.3 is 0 Å². The number of benzene rings is 2. The lowest BCUT2D eigenvalue weighted by Gasteiger charge is -2.17. The number of aromatic amines is 1. The minimum atomic E-state index is -0.282. The van der Waals surface area contributed by atoms with Crippen LogP contribution in [0.1, 0.15) is 17.7 Å². The van der Waals surface area contributed by atoms with E-state index in [0.29, 0.717) is 31.4 Å². The Kier molecular flexibility index (Phi) is 4.73. The molecule has 1 saturated heterocycles. The molecule has 1 fully saturated rings. The van der Waals surface area contributed by atoms with Gasteiger partial charge in [0.2, 0.25) is 5.91 Å². The maximum atomic E-state index is 13.0. The van der Waals surface area contributed by atoms with Crippen molar-refractivity contribution in [3.63, 3.8) is 0 Å². The molecule has 2 aromatic carbocycles. The van der Waals surface area contributed by atoms with Crippen LogP contribution in [-0.2, 0) is 17.9 Å². The number of para-hydroxylation sites is 1. The molecule has 1 unspecified atom stereocenters. The molecule has 0 spiro atoms. The van der Waals surface area contributed by atoms with Crippen molar-refractivity contribution in [3.8, 4) is 0 Å². The largest absolute Gasteiger partial charge is 0.357 e. The van der Waals surface area contributed by atoms with Crippen molar-refractivity contribution in [2.45, 2.75) is 25.6 Å². The second kappa shape index (κ2) is 7.32. The molecule has 1 aliphatic rings. The van der Waals surface area contributed by atoms with E-state index in [0.717, 1.165) is 16.8 Å². The van der Waals surface area contributed by atoms with Crippen LogP contribution in [0.25, 0.3) is 10.9 Å². The second-order valence-corrected chi connectivity index (χ2v) is 6.89. The summed E-state index contributed by atoms with van der Waals surface area (Å²) >= 11 is 0. The molecule has 1 aliphatic heterocycles. The predicted molar refractivity (Wildman–Crippen MR) is 102 cm³/mol. The van der Waals surface area contributed by atoms with E-state index in [1.165, 1.54) is 12.1 Å². The van der Waals surface area contributed by atoms with Crippen LogP contribution >= 0.6 is 0 Å². The summed E-state index contributed by atoms with van der Waals surface area (Å²) in [6.07, 6.45) is 0.416. The number of pyridine rings is 1. The van der Waals surface area contributed by atoms with Gasteiger partial charge in [-0.3, -0.25) is 9.59 Å². The smallest absolute Gasteiger partial charge is 0.224 e. The Hall–Kier alpha value is -2.99. The minimum Gasteiger partial charge on any atom is -0.357 e. The molecule has 2 heterocycles. The summed E-state index contributed by atoms with van der Waals surface area (Å²) in [7, 11) is 0. The van der Waals surface area contributed by atoms with Crippen LogP contribution in [0.2, 0.25) is 0 Å². The van der Waals surface area contributed by atoms with E-state index < -0.39 is 0 Å². The van der Waals surface area contributed by atoms with Crippen molar-refractivity contribution in [2.75, 3.05) is 6.54 Å². The summed E-state index contributed by atoms with van der Waals surface area (Å²) in [5, 5.41) is 4.02. The van der Waals surface area contributed by atoms with Crippen molar-refractivity contribution in [2.24, 2.45) is 0 Å². The standard InChI is InChI=1S/C21H20FN3O2/c22-15-7-5-14(6-8-15)12-25-13-17(10-21(25)27)23-11-16-9-20(26)18-3-1-2-4-19(18)24-16/h1-9,17,23H,10-13H2,(H,24,26). The molecule has 6 heteroatoms. The third-order valence-corrected chi connectivity index (χ3v) is 4.88. The molecule has 1 aromatic heterocycles. The second-order valence-electron chi connectivity index (χ2n) is 6.89. The van der Waals surface area contributed by atoms with Gasteiger partial charge in [-0.05, 0) is 29.8 Å². The SMILES string of the molecule is O=C1CC(NCc2cc(=O)c3ccccc3[nH]2)CN1Cc1ccc(F)cc1. The lowest BCUT2D eigenvalue weighted by Crippen LogP contribution is -2.32. The Balaban J connectivity index is 1.39. The molecule has 138 valence electrons. The monoisotopic (exact) mass is 365 g/mol. The number of carbonyl (C=O) groups excluding carboxylic acids is 1. The minimum absolute atomic E-state index is 0.0124. The zero-order valence-electron chi connectivity index (χ0n) is 14.7. The highest BCUT2D eigenvalue weighted by Crippen LogP contribution is 2.16. The highest BCUT2D eigenvalue weighted by atomic mass is 19.1. The van der Waals surface area contributed by atoms with Crippen LogP contribution in [0, 0.1) is 5.82 Å². The highest BCUT2D eigenvalue weighted by molar-refractivity contribution is 5.79. The fourth-order valence-electron chi connectivity index (χ4n) is 3.47. The number of halogens is 1. The number of fused-ring (bicyclic) bond motifs is 1. The maximum absolute atomic E-state index is 13.0. The zero-order valence-corrected chi connectivity index (χ0v) is 14.7. The molecular formula is C21H20FN3O2. The average Bonchev–Trinajstić information content (AvgIpc) is 3.01. The van der Waals surface area contributed by atoms with Crippen molar-refractivity contribution < 1.29 is 9.18 Å². The first-order chi connectivity index (χ1) is 13.1. The highest BCUT2D eigenvalue weighted by Gasteiger charge is 2.29. The van der Waals surface area contributed by atoms with Crippen LogP contribution < -0.4 is 10.7 Å². The van der Waals surface area contributed by atoms with E-state index in [9.17, 15) is 14.0 Å². The number of hydrogen-bond donors (Lipinski definition) is 2. The molecule has 0 aliphatic carbocycles. The molecule has 2 N–H and O–H groups in total. The number of amides is 1. The van der Waals surface area contributed by atoms with Gasteiger partial charge in [0.05, 0.1) is 0 Å². The first kappa shape index (κ1) is 17.4. The van der Waals surface area contributed by atoms with Crippen LogP contribution in [-0.4, -0.2) is 28.4 Å². The summed E-state index contributed by atoms with van der Waals surface area (Å²) in [4.78, 5) is 29.5. The van der Waals surface area contributed by atoms with Crippen LogP contribution in [0.4, 0.5) is 4.39 Å². The van der Waals surface area contributed by atoms with E-state index >= 15 is 0 Å². The van der Waals surface area contributed by atoms with Gasteiger partial charge < -0.3 is 15.2 Å². The summed E-state index contributed by atoms with van der Waals surface area (Å²) in [5.41, 5.74) is 2.50. The number of nitrogens with one attached hydrogen (secondary N) is 2. The van der Waals surface area contributed by atoms with Crippen molar-refractivity contribution in [1.29, 1.82) is 0 Å².